The molecule has 3 unspecified atom stereocenters. The highest BCUT2D eigenvalue weighted by Gasteiger charge is 2.32. The molecule has 0 saturated carbocycles. The largest absolute Gasteiger partial charge is 0.354 e. The van der Waals surface area contributed by atoms with Crippen molar-refractivity contribution < 1.29 is 0 Å². The van der Waals surface area contributed by atoms with Crippen molar-refractivity contribution in [2.45, 2.75) is 32.4 Å². The topological polar surface area (TPSA) is 48.1 Å². The third-order valence-corrected chi connectivity index (χ3v) is 5.94. The maximum Gasteiger partial charge on any atom is 0.142 e. The SMILES string of the molecule is CC1CCN(C(C)c2ccccc2)CC1N(C)c1ncnc2[nH]ccc12. The molecule has 26 heavy (non-hydrogen) atoms. The van der Waals surface area contributed by atoms with Crippen LogP contribution in [0.4, 0.5) is 5.82 Å². The van der Waals surface area contributed by atoms with E-state index in [9.17, 15) is 0 Å². The van der Waals surface area contributed by atoms with Crippen molar-refractivity contribution in [3.05, 3.63) is 54.5 Å². The van der Waals surface area contributed by atoms with E-state index in [4.69, 9.17) is 0 Å². The summed E-state index contributed by atoms with van der Waals surface area (Å²) in [6.45, 7) is 6.87. The third kappa shape index (κ3) is 3.07. The lowest BCUT2D eigenvalue weighted by atomic mass is 9.90. The zero-order valence-corrected chi connectivity index (χ0v) is 15.8. The quantitative estimate of drug-likeness (QED) is 0.777. The average molecular weight is 349 g/mol. The number of likely N-dealkylation sites (tertiary alicyclic amines) is 1. The van der Waals surface area contributed by atoms with Gasteiger partial charge in [-0.2, -0.15) is 0 Å². The van der Waals surface area contributed by atoms with Gasteiger partial charge < -0.3 is 9.88 Å². The summed E-state index contributed by atoms with van der Waals surface area (Å²) in [5.41, 5.74) is 2.29. The molecule has 0 bridgehead atoms. The first-order valence-corrected chi connectivity index (χ1v) is 9.45. The molecule has 1 fully saturated rings. The summed E-state index contributed by atoms with van der Waals surface area (Å²) in [5.74, 6) is 1.64. The first-order valence-electron chi connectivity index (χ1n) is 9.45. The Hall–Kier alpha value is -2.40. The van der Waals surface area contributed by atoms with Crippen LogP contribution in [0.1, 0.15) is 31.9 Å². The Labute approximate surface area is 155 Å². The molecule has 1 N–H and O–H groups in total. The van der Waals surface area contributed by atoms with Gasteiger partial charge in [0.15, 0.2) is 0 Å². The molecule has 3 heterocycles. The number of nitrogens with one attached hydrogen (secondary N) is 1. The molecule has 0 radical (unpaired) electrons. The van der Waals surface area contributed by atoms with Crippen LogP contribution in [0.5, 0.6) is 0 Å². The van der Waals surface area contributed by atoms with Crippen LogP contribution >= 0.6 is 0 Å². The summed E-state index contributed by atoms with van der Waals surface area (Å²) < 4.78 is 0. The van der Waals surface area contributed by atoms with Gasteiger partial charge in [-0.15, -0.1) is 0 Å². The second-order valence-corrected chi connectivity index (χ2v) is 7.46. The Balaban J connectivity index is 1.58. The molecule has 1 aliphatic rings. The second-order valence-electron chi connectivity index (χ2n) is 7.46. The molecular formula is C21H27N5. The summed E-state index contributed by atoms with van der Waals surface area (Å²) in [7, 11) is 2.17. The van der Waals surface area contributed by atoms with Crippen molar-refractivity contribution in [3.63, 3.8) is 0 Å². The van der Waals surface area contributed by atoms with Gasteiger partial charge in [-0.1, -0.05) is 37.3 Å². The van der Waals surface area contributed by atoms with E-state index in [1.54, 1.807) is 6.33 Å². The van der Waals surface area contributed by atoms with Gasteiger partial charge in [0.1, 0.15) is 17.8 Å². The van der Waals surface area contributed by atoms with Crippen LogP contribution in [0.3, 0.4) is 0 Å². The number of rotatable bonds is 4. The van der Waals surface area contributed by atoms with Crippen LogP contribution < -0.4 is 4.90 Å². The van der Waals surface area contributed by atoms with E-state index < -0.39 is 0 Å². The van der Waals surface area contributed by atoms with E-state index >= 15 is 0 Å². The normalized spacial score (nSPS) is 22.4. The second kappa shape index (κ2) is 7.08. The van der Waals surface area contributed by atoms with Crippen LogP contribution in [-0.2, 0) is 0 Å². The Bertz CT molecular complexity index is 859. The van der Waals surface area contributed by atoms with Gasteiger partial charge in [0, 0.05) is 31.9 Å². The number of aromatic nitrogens is 3. The number of benzene rings is 1. The molecule has 3 atom stereocenters. The maximum atomic E-state index is 4.59. The van der Waals surface area contributed by atoms with E-state index in [2.05, 4.69) is 82.0 Å². The molecule has 2 aromatic heterocycles. The van der Waals surface area contributed by atoms with Crippen molar-refractivity contribution in [3.8, 4) is 0 Å². The van der Waals surface area contributed by atoms with Crippen LogP contribution in [0, 0.1) is 5.92 Å². The van der Waals surface area contributed by atoms with Gasteiger partial charge in [-0.05, 0) is 37.4 Å². The number of anilines is 1. The zero-order valence-electron chi connectivity index (χ0n) is 15.8. The third-order valence-electron chi connectivity index (χ3n) is 5.94. The molecule has 136 valence electrons. The van der Waals surface area contributed by atoms with Crippen molar-refractivity contribution in [2.75, 3.05) is 25.0 Å². The Morgan fingerprint density at radius 1 is 1.19 bits per heavy atom. The molecule has 5 nitrogen and oxygen atoms in total. The molecule has 0 aliphatic carbocycles. The standard InChI is InChI=1S/C21H27N5/c1-15-10-12-26(16(2)17-7-5-4-6-8-17)13-19(15)25(3)21-18-9-11-22-20(18)23-14-24-21/h4-9,11,14-16,19H,10,12-13H2,1-3H3,(H,22,23,24). The van der Waals surface area contributed by atoms with Gasteiger partial charge in [-0.25, -0.2) is 9.97 Å². The monoisotopic (exact) mass is 349 g/mol. The van der Waals surface area contributed by atoms with Crippen LogP contribution in [-0.4, -0.2) is 46.0 Å². The molecular weight excluding hydrogens is 322 g/mol. The Kier molecular flexibility index (Phi) is 4.64. The van der Waals surface area contributed by atoms with Gasteiger partial charge in [-0.3, -0.25) is 4.90 Å². The van der Waals surface area contributed by atoms with E-state index in [0.717, 1.165) is 29.9 Å². The van der Waals surface area contributed by atoms with Crippen LogP contribution in [0.15, 0.2) is 48.9 Å². The number of fused-ring (bicyclic) bond motifs is 1. The first kappa shape index (κ1) is 17.0. The fourth-order valence-electron chi connectivity index (χ4n) is 4.17. The number of nitrogens with zero attached hydrogens (tertiary/aromatic N) is 4. The number of aromatic amines is 1. The van der Waals surface area contributed by atoms with Crippen molar-refractivity contribution in [1.82, 2.24) is 19.9 Å². The van der Waals surface area contributed by atoms with Gasteiger partial charge in [0.05, 0.1) is 5.39 Å². The molecule has 1 saturated heterocycles. The summed E-state index contributed by atoms with van der Waals surface area (Å²) in [4.78, 5) is 17.1. The minimum Gasteiger partial charge on any atom is -0.354 e. The first-order chi connectivity index (χ1) is 12.6. The summed E-state index contributed by atoms with van der Waals surface area (Å²) >= 11 is 0. The Morgan fingerprint density at radius 3 is 2.81 bits per heavy atom. The highest BCUT2D eigenvalue weighted by Crippen LogP contribution is 2.31. The zero-order chi connectivity index (χ0) is 18.1. The highest BCUT2D eigenvalue weighted by atomic mass is 15.3. The lowest BCUT2D eigenvalue weighted by Gasteiger charge is -2.44. The maximum absolute atomic E-state index is 4.59. The van der Waals surface area contributed by atoms with E-state index in [1.807, 2.05) is 6.20 Å². The number of likely N-dealkylation sites (N-methyl/N-ethyl adjacent to an activating group) is 1. The van der Waals surface area contributed by atoms with Crippen LogP contribution in [0.2, 0.25) is 0 Å². The molecule has 0 amide bonds. The average Bonchev–Trinajstić information content (AvgIpc) is 3.17. The van der Waals surface area contributed by atoms with E-state index in [0.29, 0.717) is 18.0 Å². The molecule has 1 aliphatic heterocycles. The van der Waals surface area contributed by atoms with E-state index in [1.165, 1.54) is 12.0 Å². The fraction of sp³-hybridized carbons (Fsp3) is 0.429. The number of H-pyrrole nitrogens is 1. The predicted molar refractivity (Wildman–Crippen MR) is 106 cm³/mol. The number of piperidine rings is 1. The summed E-state index contributed by atoms with van der Waals surface area (Å²) in [6, 6.07) is 13.7. The molecule has 5 heteroatoms. The van der Waals surface area contributed by atoms with Crippen LogP contribution in [0.25, 0.3) is 11.0 Å². The summed E-state index contributed by atoms with van der Waals surface area (Å²) in [6.07, 6.45) is 4.79. The lowest BCUT2D eigenvalue weighted by Crippen LogP contribution is -2.51. The summed E-state index contributed by atoms with van der Waals surface area (Å²) in [5, 5.41) is 1.09. The highest BCUT2D eigenvalue weighted by molar-refractivity contribution is 5.87. The minimum absolute atomic E-state index is 0.428. The van der Waals surface area contributed by atoms with Crippen molar-refractivity contribution in [2.24, 2.45) is 5.92 Å². The number of hydrogen-bond acceptors (Lipinski definition) is 4. The fourth-order valence-corrected chi connectivity index (χ4v) is 4.17. The lowest BCUT2D eigenvalue weighted by molar-refractivity contribution is 0.126. The molecule has 1 aromatic carbocycles. The molecule has 3 aromatic rings. The van der Waals surface area contributed by atoms with Crippen molar-refractivity contribution in [1.29, 1.82) is 0 Å². The van der Waals surface area contributed by atoms with Crippen molar-refractivity contribution >= 4 is 16.9 Å². The smallest absolute Gasteiger partial charge is 0.142 e. The molecule has 4 rings (SSSR count). The minimum atomic E-state index is 0.428. The van der Waals surface area contributed by atoms with E-state index in [-0.39, 0.29) is 0 Å². The number of hydrogen-bond donors (Lipinski definition) is 1. The molecule has 0 spiro atoms. The predicted octanol–water partition coefficient (Wildman–Crippen LogP) is 3.87. The Morgan fingerprint density at radius 2 is 2.00 bits per heavy atom. The van der Waals surface area contributed by atoms with Gasteiger partial charge >= 0.3 is 0 Å². The van der Waals surface area contributed by atoms with Gasteiger partial charge in [0.2, 0.25) is 0 Å². The van der Waals surface area contributed by atoms with Gasteiger partial charge in [0.25, 0.3) is 0 Å².